The number of aryl methyl sites for hydroxylation is 4. The van der Waals surface area contributed by atoms with Crippen LogP contribution in [0.15, 0.2) is 82.6 Å². The summed E-state index contributed by atoms with van der Waals surface area (Å²) in [5, 5.41) is 4.70. The first-order valence-corrected chi connectivity index (χ1v) is 11.4. The molecule has 1 heterocycles. The highest BCUT2D eigenvalue weighted by Gasteiger charge is 2.22. The van der Waals surface area contributed by atoms with Crippen molar-refractivity contribution in [1.82, 2.24) is 9.78 Å². The fourth-order valence-corrected chi connectivity index (χ4v) is 4.56. The van der Waals surface area contributed by atoms with Gasteiger partial charge in [-0.2, -0.15) is 9.78 Å². The Labute approximate surface area is 193 Å². The van der Waals surface area contributed by atoms with Crippen molar-refractivity contribution in [1.29, 1.82) is 0 Å². The summed E-state index contributed by atoms with van der Waals surface area (Å²) in [5.41, 5.74) is 6.07. The van der Waals surface area contributed by atoms with Gasteiger partial charge in [-0.05, 0) is 57.5 Å². The molecule has 0 aliphatic carbocycles. The molecule has 0 aliphatic rings. The molecule has 0 fully saturated rings. The van der Waals surface area contributed by atoms with Crippen LogP contribution in [0.2, 0.25) is 0 Å². The predicted molar refractivity (Wildman–Crippen MR) is 129 cm³/mol. The molecule has 1 aromatic heterocycles. The third kappa shape index (κ3) is 5.11. The van der Waals surface area contributed by atoms with Gasteiger partial charge in [0.05, 0.1) is 22.7 Å². The second-order valence-electron chi connectivity index (χ2n) is 8.03. The van der Waals surface area contributed by atoms with E-state index in [9.17, 15) is 4.79 Å². The molecule has 0 atom stereocenters. The molecule has 32 heavy (non-hydrogen) atoms. The number of ether oxygens (including phenoxy) is 1. The van der Waals surface area contributed by atoms with Gasteiger partial charge in [0, 0.05) is 4.90 Å². The minimum absolute atomic E-state index is 0.205. The Balaban J connectivity index is 1.68. The molecule has 5 heteroatoms. The van der Waals surface area contributed by atoms with E-state index in [2.05, 4.69) is 37.3 Å². The molecular formula is C27H26N2O2S. The maximum absolute atomic E-state index is 13.0. The van der Waals surface area contributed by atoms with Crippen molar-refractivity contribution >= 4 is 17.7 Å². The average Bonchev–Trinajstić information content (AvgIpc) is 3.04. The number of benzene rings is 3. The Morgan fingerprint density at radius 3 is 2.19 bits per heavy atom. The van der Waals surface area contributed by atoms with Gasteiger partial charge in [0.2, 0.25) is 5.88 Å². The molecule has 0 saturated heterocycles. The minimum atomic E-state index is -0.308. The minimum Gasteiger partial charge on any atom is -0.406 e. The number of hydrogen-bond acceptors (Lipinski definition) is 4. The molecule has 0 radical (unpaired) electrons. The number of esters is 1. The topological polar surface area (TPSA) is 44.1 Å². The molecule has 0 saturated carbocycles. The summed E-state index contributed by atoms with van der Waals surface area (Å²) < 4.78 is 7.69. The van der Waals surface area contributed by atoms with Crippen LogP contribution in [0, 0.1) is 27.7 Å². The molecule has 0 aliphatic heterocycles. The Hall–Kier alpha value is -3.31. The van der Waals surface area contributed by atoms with Gasteiger partial charge in [-0.1, -0.05) is 77.0 Å². The molecule has 0 unspecified atom stereocenters. The van der Waals surface area contributed by atoms with Crippen LogP contribution in [0.5, 0.6) is 5.88 Å². The lowest BCUT2D eigenvalue weighted by molar-refractivity contribution is -0.134. The van der Waals surface area contributed by atoms with Crippen LogP contribution < -0.4 is 4.74 Å². The van der Waals surface area contributed by atoms with Crippen molar-refractivity contribution in [3.63, 3.8) is 0 Å². The molecule has 0 spiro atoms. The number of aromatic nitrogens is 2. The highest BCUT2D eigenvalue weighted by atomic mass is 32.2. The van der Waals surface area contributed by atoms with Crippen molar-refractivity contribution in [2.24, 2.45) is 0 Å². The molecule has 0 amide bonds. The fourth-order valence-electron chi connectivity index (χ4n) is 3.65. The van der Waals surface area contributed by atoms with Crippen LogP contribution in [-0.4, -0.2) is 15.7 Å². The lowest BCUT2D eigenvalue weighted by Gasteiger charge is -2.11. The predicted octanol–water partition coefficient (Wildman–Crippen LogP) is 6.41. The van der Waals surface area contributed by atoms with Gasteiger partial charge in [-0.15, -0.1) is 0 Å². The summed E-state index contributed by atoms with van der Waals surface area (Å²) in [6, 6.07) is 24.2. The molecule has 0 N–H and O–H groups in total. The number of carbonyl (C=O) groups excluding carboxylic acids is 1. The molecule has 0 bridgehead atoms. The number of para-hydroxylation sites is 1. The first kappa shape index (κ1) is 21.9. The van der Waals surface area contributed by atoms with Crippen LogP contribution in [0.1, 0.15) is 27.9 Å². The number of nitrogens with zero attached hydrogens (tertiary/aromatic N) is 2. The van der Waals surface area contributed by atoms with Crippen molar-refractivity contribution in [3.8, 4) is 11.6 Å². The van der Waals surface area contributed by atoms with Crippen molar-refractivity contribution < 1.29 is 9.53 Å². The van der Waals surface area contributed by atoms with E-state index in [0.29, 0.717) is 5.88 Å². The van der Waals surface area contributed by atoms with Crippen LogP contribution in [0.25, 0.3) is 5.69 Å². The molecule has 4 aromatic rings. The quantitative estimate of drug-likeness (QED) is 0.324. The van der Waals surface area contributed by atoms with Gasteiger partial charge < -0.3 is 4.74 Å². The summed E-state index contributed by atoms with van der Waals surface area (Å²) >= 11 is 1.56. The van der Waals surface area contributed by atoms with Gasteiger partial charge >= 0.3 is 5.97 Å². The highest BCUT2D eigenvalue weighted by molar-refractivity contribution is 7.99. The summed E-state index contributed by atoms with van der Waals surface area (Å²) in [6.07, 6.45) is 0.205. The summed E-state index contributed by atoms with van der Waals surface area (Å²) in [5.74, 6) is 0.145. The fraction of sp³-hybridized carbons (Fsp3) is 0.185. The average molecular weight is 443 g/mol. The Morgan fingerprint density at radius 1 is 0.875 bits per heavy atom. The van der Waals surface area contributed by atoms with E-state index < -0.39 is 0 Å². The third-order valence-electron chi connectivity index (χ3n) is 5.05. The van der Waals surface area contributed by atoms with Crippen molar-refractivity contribution in [2.75, 3.05) is 0 Å². The van der Waals surface area contributed by atoms with Crippen LogP contribution in [-0.2, 0) is 11.2 Å². The number of rotatable bonds is 6. The van der Waals surface area contributed by atoms with E-state index in [1.807, 2.05) is 63.2 Å². The van der Waals surface area contributed by atoms with Crippen molar-refractivity contribution in [3.05, 3.63) is 101 Å². The Morgan fingerprint density at radius 2 is 1.53 bits per heavy atom. The number of hydrogen-bond donors (Lipinski definition) is 0. The van der Waals surface area contributed by atoms with E-state index in [1.165, 1.54) is 5.56 Å². The smallest absolute Gasteiger partial charge is 0.317 e. The summed E-state index contributed by atoms with van der Waals surface area (Å²) in [6.45, 7) is 8.07. The summed E-state index contributed by atoms with van der Waals surface area (Å²) in [7, 11) is 0. The Kier molecular flexibility index (Phi) is 6.47. The zero-order chi connectivity index (χ0) is 22.7. The molecular weight excluding hydrogens is 416 g/mol. The van der Waals surface area contributed by atoms with Crippen molar-refractivity contribution in [2.45, 2.75) is 43.9 Å². The van der Waals surface area contributed by atoms with Crippen LogP contribution >= 0.6 is 11.8 Å². The van der Waals surface area contributed by atoms with Crippen LogP contribution in [0.3, 0.4) is 0 Å². The third-order valence-corrected chi connectivity index (χ3v) is 6.23. The largest absolute Gasteiger partial charge is 0.406 e. The SMILES string of the molecule is Cc1ccc(Sc2c(C)nn(-c3ccccc3)c2OC(=O)Cc2cc(C)cc(C)c2)cc1. The van der Waals surface area contributed by atoms with Gasteiger partial charge in [-0.3, -0.25) is 4.79 Å². The van der Waals surface area contributed by atoms with E-state index in [1.54, 1.807) is 16.4 Å². The molecule has 4 nitrogen and oxygen atoms in total. The van der Waals surface area contributed by atoms with E-state index in [0.717, 1.165) is 37.9 Å². The highest BCUT2D eigenvalue weighted by Crippen LogP contribution is 2.39. The molecule has 4 rings (SSSR count). The maximum atomic E-state index is 13.0. The normalized spacial score (nSPS) is 10.9. The van der Waals surface area contributed by atoms with E-state index >= 15 is 0 Å². The lowest BCUT2D eigenvalue weighted by atomic mass is 10.1. The second kappa shape index (κ2) is 9.45. The summed E-state index contributed by atoms with van der Waals surface area (Å²) in [4.78, 5) is 14.9. The van der Waals surface area contributed by atoms with Gasteiger partial charge in [0.1, 0.15) is 0 Å². The second-order valence-corrected chi connectivity index (χ2v) is 9.11. The van der Waals surface area contributed by atoms with E-state index in [-0.39, 0.29) is 12.4 Å². The first-order chi connectivity index (χ1) is 15.4. The maximum Gasteiger partial charge on any atom is 0.317 e. The monoisotopic (exact) mass is 442 g/mol. The van der Waals surface area contributed by atoms with Gasteiger partial charge in [0.25, 0.3) is 0 Å². The lowest BCUT2D eigenvalue weighted by Crippen LogP contribution is -2.14. The van der Waals surface area contributed by atoms with Crippen LogP contribution in [0.4, 0.5) is 0 Å². The van der Waals surface area contributed by atoms with Gasteiger partial charge in [0.15, 0.2) is 0 Å². The Bertz CT molecular complexity index is 1220. The zero-order valence-corrected chi connectivity index (χ0v) is 19.6. The standard InChI is InChI=1S/C27H26N2O2S/c1-18-10-12-24(13-11-18)32-26-21(4)28-29(23-8-6-5-7-9-23)27(26)31-25(30)17-22-15-19(2)14-20(3)16-22/h5-16H,17H2,1-4H3. The van der Waals surface area contributed by atoms with Gasteiger partial charge in [-0.25, -0.2) is 0 Å². The molecule has 162 valence electrons. The first-order valence-electron chi connectivity index (χ1n) is 10.6. The number of carbonyl (C=O) groups is 1. The molecule has 3 aromatic carbocycles. The zero-order valence-electron chi connectivity index (χ0n) is 18.8. The van der Waals surface area contributed by atoms with E-state index in [4.69, 9.17) is 9.84 Å².